The van der Waals surface area contributed by atoms with Crippen molar-refractivity contribution in [1.82, 2.24) is 19.9 Å². The minimum absolute atomic E-state index is 0.0981. The maximum atomic E-state index is 14.2. The number of fused-ring (bicyclic) bond motifs is 1. The third-order valence-corrected chi connectivity index (χ3v) is 7.79. The molecule has 5 aromatic rings. The van der Waals surface area contributed by atoms with Crippen LogP contribution in [-0.4, -0.2) is 65.1 Å². The molecule has 11 heteroatoms. The molecule has 45 heavy (non-hydrogen) atoms. The van der Waals surface area contributed by atoms with Gasteiger partial charge >= 0.3 is 0 Å². The fourth-order valence-electron chi connectivity index (χ4n) is 5.41. The summed E-state index contributed by atoms with van der Waals surface area (Å²) < 4.78 is 26.3. The lowest BCUT2D eigenvalue weighted by atomic mass is 10.0. The van der Waals surface area contributed by atoms with Gasteiger partial charge in [0.1, 0.15) is 29.7 Å². The summed E-state index contributed by atoms with van der Waals surface area (Å²) in [5.74, 6) is -0.586. The summed E-state index contributed by atoms with van der Waals surface area (Å²) in [5.41, 5.74) is 4.19. The summed E-state index contributed by atoms with van der Waals surface area (Å²) in [7, 11) is 1.58. The van der Waals surface area contributed by atoms with Crippen molar-refractivity contribution in [2.24, 2.45) is 0 Å². The van der Waals surface area contributed by atoms with Gasteiger partial charge in [0, 0.05) is 31.0 Å². The fraction of sp³-hybridized carbons (Fsp3) is 0.235. The molecule has 0 saturated carbocycles. The van der Waals surface area contributed by atoms with Crippen LogP contribution < -0.4 is 15.0 Å². The summed E-state index contributed by atoms with van der Waals surface area (Å²) in [6, 6.07) is 26.7. The molecule has 1 unspecified atom stereocenters. The third-order valence-electron chi connectivity index (χ3n) is 7.79. The fourth-order valence-corrected chi connectivity index (χ4v) is 5.41. The van der Waals surface area contributed by atoms with Crippen molar-refractivity contribution in [3.63, 3.8) is 0 Å². The van der Waals surface area contributed by atoms with Gasteiger partial charge in [0.05, 0.1) is 25.8 Å². The molecule has 1 aromatic heterocycles. The number of halogens is 1. The minimum atomic E-state index is -1.09. The molecule has 1 atom stereocenters. The maximum absolute atomic E-state index is 14.2. The van der Waals surface area contributed by atoms with E-state index >= 15 is 0 Å². The van der Waals surface area contributed by atoms with Crippen molar-refractivity contribution in [3.8, 4) is 5.75 Å². The van der Waals surface area contributed by atoms with Crippen LogP contribution in [0.4, 0.5) is 15.8 Å². The Morgan fingerprint density at radius 3 is 2.38 bits per heavy atom. The SMILES string of the molecule is COc1ccc(CN(C(=O)Cn2nnc3ccccc32)C(C(=O)Nc2ccc(N3CCOCC3)cc2)c2ccc(F)cc2)cc1. The summed E-state index contributed by atoms with van der Waals surface area (Å²) in [6.45, 7) is 2.86. The molecular formula is C34H33FN6O4. The maximum Gasteiger partial charge on any atom is 0.251 e. The van der Waals surface area contributed by atoms with E-state index in [9.17, 15) is 14.0 Å². The molecule has 1 fully saturated rings. The molecule has 0 radical (unpaired) electrons. The first kappa shape index (κ1) is 29.8. The van der Waals surface area contributed by atoms with Gasteiger partial charge in [0.15, 0.2) is 0 Å². The van der Waals surface area contributed by atoms with Crippen molar-refractivity contribution >= 4 is 34.2 Å². The number of nitrogens with one attached hydrogen (secondary N) is 1. The number of rotatable bonds is 10. The normalized spacial score (nSPS) is 13.8. The monoisotopic (exact) mass is 608 g/mol. The van der Waals surface area contributed by atoms with Gasteiger partial charge < -0.3 is 24.6 Å². The van der Waals surface area contributed by atoms with Crippen LogP contribution in [0.15, 0.2) is 97.1 Å². The smallest absolute Gasteiger partial charge is 0.251 e. The number of methoxy groups -OCH3 is 1. The summed E-state index contributed by atoms with van der Waals surface area (Å²) in [5, 5.41) is 11.4. The number of hydrogen-bond acceptors (Lipinski definition) is 7. The first-order valence-corrected chi connectivity index (χ1v) is 14.7. The van der Waals surface area contributed by atoms with Gasteiger partial charge in [-0.15, -0.1) is 5.10 Å². The Kier molecular flexibility index (Phi) is 8.97. The molecule has 1 saturated heterocycles. The highest BCUT2D eigenvalue weighted by molar-refractivity contribution is 5.98. The van der Waals surface area contributed by atoms with Crippen LogP contribution in [0.2, 0.25) is 0 Å². The van der Waals surface area contributed by atoms with E-state index in [-0.39, 0.29) is 19.0 Å². The summed E-state index contributed by atoms with van der Waals surface area (Å²) >= 11 is 0. The Hall–Kier alpha value is -5.29. The number of para-hydroxylation sites is 1. The molecule has 1 aliphatic rings. The van der Waals surface area contributed by atoms with Gasteiger partial charge in [-0.1, -0.05) is 41.6 Å². The second-order valence-electron chi connectivity index (χ2n) is 10.7. The van der Waals surface area contributed by atoms with E-state index < -0.39 is 17.8 Å². The summed E-state index contributed by atoms with van der Waals surface area (Å²) in [6.07, 6.45) is 0. The van der Waals surface area contributed by atoms with Gasteiger partial charge in [0.2, 0.25) is 5.91 Å². The standard InChI is InChI=1S/C34H33FN6O4/c1-44-29-16-6-24(7-17-29)22-40(32(42)23-41-31-5-3-2-4-30(31)37-38-41)33(25-8-10-26(35)11-9-25)34(43)36-27-12-14-28(15-13-27)39-18-20-45-21-19-39/h2-17,33H,18-23H2,1H3,(H,36,43). The molecule has 230 valence electrons. The van der Waals surface area contributed by atoms with Crippen LogP contribution in [0.1, 0.15) is 17.2 Å². The van der Waals surface area contributed by atoms with E-state index in [0.717, 1.165) is 24.3 Å². The van der Waals surface area contributed by atoms with E-state index in [2.05, 4.69) is 20.5 Å². The number of aromatic nitrogens is 3. The van der Waals surface area contributed by atoms with Crippen LogP contribution in [0.3, 0.4) is 0 Å². The van der Waals surface area contributed by atoms with Crippen molar-refractivity contribution in [1.29, 1.82) is 0 Å². The number of morpholine rings is 1. The predicted molar refractivity (Wildman–Crippen MR) is 168 cm³/mol. The quantitative estimate of drug-likeness (QED) is 0.243. The average molecular weight is 609 g/mol. The number of carbonyl (C=O) groups is 2. The number of ether oxygens (including phenoxy) is 2. The molecular weight excluding hydrogens is 575 g/mol. The molecule has 0 bridgehead atoms. The van der Waals surface area contributed by atoms with E-state index in [0.29, 0.717) is 41.2 Å². The van der Waals surface area contributed by atoms with Gasteiger partial charge in [0.25, 0.3) is 5.91 Å². The first-order valence-electron chi connectivity index (χ1n) is 14.7. The van der Waals surface area contributed by atoms with Crippen molar-refractivity contribution in [2.75, 3.05) is 43.6 Å². The zero-order valence-corrected chi connectivity index (χ0v) is 24.8. The molecule has 1 aliphatic heterocycles. The Labute approximate surface area is 260 Å². The van der Waals surface area contributed by atoms with Gasteiger partial charge in [-0.2, -0.15) is 0 Å². The average Bonchev–Trinajstić information content (AvgIpc) is 3.49. The Morgan fingerprint density at radius 1 is 0.956 bits per heavy atom. The second kappa shape index (κ2) is 13.6. The Bertz CT molecular complexity index is 1750. The zero-order chi connectivity index (χ0) is 31.2. The highest BCUT2D eigenvalue weighted by atomic mass is 19.1. The predicted octanol–water partition coefficient (Wildman–Crippen LogP) is 4.82. The number of anilines is 2. The van der Waals surface area contributed by atoms with E-state index in [1.807, 2.05) is 60.7 Å². The van der Waals surface area contributed by atoms with Crippen LogP contribution in [0, 0.1) is 5.82 Å². The highest BCUT2D eigenvalue weighted by Crippen LogP contribution is 2.28. The van der Waals surface area contributed by atoms with E-state index in [4.69, 9.17) is 9.47 Å². The molecule has 1 N–H and O–H groups in total. The molecule has 2 heterocycles. The molecule has 4 aromatic carbocycles. The lowest BCUT2D eigenvalue weighted by Gasteiger charge is -2.32. The zero-order valence-electron chi connectivity index (χ0n) is 24.8. The molecule has 10 nitrogen and oxygen atoms in total. The van der Waals surface area contributed by atoms with E-state index in [1.54, 1.807) is 19.2 Å². The van der Waals surface area contributed by atoms with Crippen molar-refractivity contribution < 1.29 is 23.5 Å². The Balaban J connectivity index is 1.33. The largest absolute Gasteiger partial charge is 0.497 e. The molecule has 0 spiro atoms. The molecule has 2 amide bonds. The molecule has 6 rings (SSSR count). The van der Waals surface area contributed by atoms with Crippen LogP contribution in [0.25, 0.3) is 11.0 Å². The lowest BCUT2D eigenvalue weighted by molar-refractivity contribution is -0.140. The van der Waals surface area contributed by atoms with Crippen molar-refractivity contribution in [3.05, 3.63) is 114 Å². The number of hydrogen-bond donors (Lipinski definition) is 1. The van der Waals surface area contributed by atoms with Crippen molar-refractivity contribution in [2.45, 2.75) is 19.1 Å². The number of amides is 2. The van der Waals surface area contributed by atoms with Crippen LogP contribution in [-0.2, 0) is 27.4 Å². The van der Waals surface area contributed by atoms with Gasteiger partial charge in [-0.05, 0) is 71.8 Å². The Morgan fingerprint density at radius 2 is 1.67 bits per heavy atom. The molecule has 0 aliphatic carbocycles. The summed E-state index contributed by atoms with van der Waals surface area (Å²) in [4.78, 5) is 32.0. The third kappa shape index (κ3) is 6.94. The lowest BCUT2D eigenvalue weighted by Crippen LogP contribution is -2.42. The topological polar surface area (TPSA) is 102 Å². The van der Waals surface area contributed by atoms with E-state index in [1.165, 1.54) is 33.8 Å². The van der Waals surface area contributed by atoms with Crippen LogP contribution in [0.5, 0.6) is 5.75 Å². The highest BCUT2D eigenvalue weighted by Gasteiger charge is 2.32. The van der Waals surface area contributed by atoms with Gasteiger partial charge in [-0.3, -0.25) is 9.59 Å². The minimum Gasteiger partial charge on any atom is -0.497 e. The first-order chi connectivity index (χ1) is 22.0. The van der Waals surface area contributed by atoms with Gasteiger partial charge in [-0.25, -0.2) is 9.07 Å². The second-order valence-corrected chi connectivity index (χ2v) is 10.7. The van der Waals surface area contributed by atoms with Crippen LogP contribution >= 0.6 is 0 Å². The number of benzene rings is 4. The number of carbonyl (C=O) groups excluding carboxylic acids is 2. The number of nitrogens with zero attached hydrogens (tertiary/aromatic N) is 5.